The molecule has 0 radical (unpaired) electrons. The van der Waals surface area contributed by atoms with E-state index in [0.29, 0.717) is 5.76 Å². The lowest BCUT2D eigenvalue weighted by Crippen LogP contribution is -1.82. The lowest BCUT2D eigenvalue weighted by atomic mass is 10.3. The average Bonchev–Trinajstić information content (AvgIpc) is 1.99. The van der Waals surface area contributed by atoms with Crippen LogP contribution in [-0.2, 0) is 4.74 Å². The Hall–Kier alpha value is -1.18. The van der Waals surface area contributed by atoms with E-state index in [-0.39, 0.29) is 5.76 Å². The Morgan fingerprint density at radius 2 is 2.20 bits per heavy atom. The first kappa shape index (κ1) is 8.82. The van der Waals surface area contributed by atoms with Crippen LogP contribution in [-0.4, -0.2) is 12.2 Å². The Bertz CT molecular complexity index is 166. The Labute approximate surface area is 61.1 Å². The molecule has 0 saturated heterocycles. The highest BCUT2D eigenvalue weighted by Crippen LogP contribution is 2.00. The standard InChI is InChI=1S/C8H12O2/c1-4-7(9)6-8(5-2)10-3/h4-6,9H,2H2,1,3H3/b7-4+,8-6+. The molecule has 0 atom stereocenters. The molecule has 2 nitrogen and oxygen atoms in total. The van der Waals surface area contributed by atoms with Crippen molar-refractivity contribution in [2.75, 3.05) is 7.11 Å². The third kappa shape index (κ3) is 2.97. The van der Waals surface area contributed by atoms with E-state index in [4.69, 9.17) is 9.84 Å². The molecular formula is C8H12O2. The largest absolute Gasteiger partial charge is 0.508 e. The molecule has 0 saturated carbocycles. The topological polar surface area (TPSA) is 29.5 Å². The summed E-state index contributed by atoms with van der Waals surface area (Å²) in [5, 5.41) is 8.95. The first-order valence-electron chi connectivity index (χ1n) is 2.98. The Morgan fingerprint density at radius 1 is 1.60 bits per heavy atom. The van der Waals surface area contributed by atoms with E-state index >= 15 is 0 Å². The highest BCUT2D eigenvalue weighted by atomic mass is 16.5. The minimum Gasteiger partial charge on any atom is -0.508 e. The summed E-state index contributed by atoms with van der Waals surface area (Å²) >= 11 is 0. The SMILES string of the molecule is C=C/C(=C\C(O)=C/C)OC. The van der Waals surface area contributed by atoms with E-state index < -0.39 is 0 Å². The van der Waals surface area contributed by atoms with Crippen molar-refractivity contribution in [3.05, 3.63) is 36.3 Å². The smallest absolute Gasteiger partial charge is 0.121 e. The molecule has 0 spiro atoms. The molecule has 0 aliphatic heterocycles. The predicted molar refractivity (Wildman–Crippen MR) is 41.7 cm³/mol. The van der Waals surface area contributed by atoms with Crippen LogP contribution in [0.3, 0.4) is 0 Å². The van der Waals surface area contributed by atoms with Gasteiger partial charge in [0.2, 0.25) is 0 Å². The van der Waals surface area contributed by atoms with Crippen molar-refractivity contribution in [2.24, 2.45) is 0 Å². The van der Waals surface area contributed by atoms with Gasteiger partial charge >= 0.3 is 0 Å². The molecule has 10 heavy (non-hydrogen) atoms. The van der Waals surface area contributed by atoms with E-state index in [1.165, 1.54) is 19.3 Å². The maximum atomic E-state index is 8.95. The van der Waals surface area contributed by atoms with Crippen LogP contribution in [0, 0.1) is 0 Å². The van der Waals surface area contributed by atoms with Gasteiger partial charge in [0.1, 0.15) is 11.5 Å². The lowest BCUT2D eigenvalue weighted by Gasteiger charge is -1.97. The number of ether oxygens (including phenoxy) is 1. The lowest BCUT2D eigenvalue weighted by molar-refractivity contribution is 0.303. The summed E-state index contributed by atoms with van der Waals surface area (Å²) in [7, 11) is 1.52. The normalized spacial score (nSPS) is 13.0. The van der Waals surface area contributed by atoms with Crippen molar-refractivity contribution in [3.8, 4) is 0 Å². The summed E-state index contributed by atoms with van der Waals surface area (Å²) in [5.41, 5.74) is 0. The third-order valence-corrected chi connectivity index (χ3v) is 1.02. The molecular weight excluding hydrogens is 128 g/mol. The molecule has 0 aromatic carbocycles. The molecule has 0 aromatic heterocycles. The summed E-state index contributed by atoms with van der Waals surface area (Å²) < 4.78 is 4.81. The van der Waals surface area contributed by atoms with Crippen LogP contribution < -0.4 is 0 Å². The highest BCUT2D eigenvalue weighted by molar-refractivity contribution is 5.19. The van der Waals surface area contributed by atoms with Crippen molar-refractivity contribution < 1.29 is 9.84 Å². The first-order valence-corrected chi connectivity index (χ1v) is 2.98. The minimum absolute atomic E-state index is 0.178. The summed E-state index contributed by atoms with van der Waals surface area (Å²) in [6.45, 7) is 5.23. The van der Waals surface area contributed by atoms with Gasteiger partial charge in [-0.1, -0.05) is 6.58 Å². The number of hydrogen-bond acceptors (Lipinski definition) is 2. The Kier molecular flexibility index (Phi) is 4.12. The van der Waals surface area contributed by atoms with Crippen molar-refractivity contribution >= 4 is 0 Å². The number of aliphatic hydroxyl groups is 1. The van der Waals surface area contributed by atoms with E-state index in [0.717, 1.165) is 0 Å². The second-order valence-corrected chi connectivity index (χ2v) is 1.67. The van der Waals surface area contributed by atoms with Gasteiger partial charge in [-0.3, -0.25) is 0 Å². The number of hydrogen-bond donors (Lipinski definition) is 1. The second kappa shape index (κ2) is 4.68. The Morgan fingerprint density at radius 3 is 2.50 bits per heavy atom. The molecule has 0 bridgehead atoms. The van der Waals surface area contributed by atoms with Crippen LogP contribution in [0.4, 0.5) is 0 Å². The van der Waals surface area contributed by atoms with Crippen LogP contribution >= 0.6 is 0 Å². The second-order valence-electron chi connectivity index (χ2n) is 1.67. The van der Waals surface area contributed by atoms with Gasteiger partial charge in [-0.15, -0.1) is 0 Å². The van der Waals surface area contributed by atoms with E-state index in [9.17, 15) is 0 Å². The van der Waals surface area contributed by atoms with Gasteiger partial charge in [-0.25, -0.2) is 0 Å². The molecule has 56 valence electrons. The summed E-state index contributed by atoms with van der Waals surface area (Å²) in [4.78, 5) is 0. The van der Waals surface area contributed by atoms with Gasteiger partial charge < -0.3 is 9.84 Å². The molecule has 0 fully saturated rings. The Balaban J connectivity index is 4.24. The maximum absolute atomic E-state index is 8.95. The molecule has 0 aliphatic carbocycles. The number of rotatable bonds is 3. The quantitative estimate of drug-likeness (QED) is 0.481. The number of aliphatic hydroxyl groups excluding tert-OH is 1. The molecule has 0 amide bonds. The van der Waals surface area contributed by atoms with Crippen LogP contribution in [0.25, 0.3) is 0 Å². The van der Waals surface area contributed by atoms with Crippen molar-refractivity contribution in [1.29, 1.82) is 0 Å². The van der Waals surface area contributed by atoms with Crippen LogP contribution in [0.5, 0.6) is 0 Å². The zero-order valence-electron chi connectivity index (χ0n) is 6.29. The van der Waals surface area contributed by atoms with Gasteiger partial charge in [0, 0.05) is 6.08 Å². The van der Waals surface area contributed by atoms with Gasteiger partial charge in [0.25, 0.3) is 0 Å². The van der Waals surface area contributed by atoms with Crippen molar-refractivity contribution in [2.45, 2.75) is 6.92 Å². The number of methoxy groups -OCH3 is 1. The highest BCUT2D eigenvalue weighted by Gasteiger charge is 1.88. The molecule has 0 heterocycles. The van der Waals surface area contributed by atoms with Gasteiger partial charge in [0.05, 0.1) is 7.11 Å². The molecule has 0 aliphatic rings. The van der Waals surface area contributed by atoms with Crippen LogP contribution in [0.2, 0.25) is 0 Å². The summed E-state index contributed by atoms with van der Waals surface area (Å²) in [5.74, 6) is 0.729. The molecule has 0 aromatic rings. The van der Waals surface area contributed by atoms with Crippen molar-refractivity contribution in [3.63, 3.8) is 0 Å². The van der Waals surface area contributed by atoms with Gasteiger partial charge in [0.15, 0.2) is 0 Å². The van der Waals surface area contributed by atoms with E-state index in [1.54, 1.807) is 13.0 Å². The molecule has 0 unspecified atom stereocenters. The van der Waals surface area contributed by atoms with Gasteiger partial charge in [-0.2, -0.15) is 0 Å². The first-order chi connectivity index (χ1) is 4.74. The fourth-order valence-corrected chi connectivity index (χ4v) is 0.430. The summed E-state index contributed by atoms with van der Waals surface area (Å²) in [6.07, 6.45) is 4.59. The summed E-state index contributed by atoms with van der Waals surface area (Å²) in [6, 6.07) is 0. The molecule has 0 rings (SSSR count). The minimum atomic E-state index is 0.178. The predicted octanol–water partition coefficient (Wildman–Crippen LogP) is 2.16. The van der Waals surface area contributed by atoms with Crippen molar-refractivity contribution in [1.82, 2.24) is 0 Å². The zero-order chi connectivity index (χ0) is 7.98. The van der Waals surface area contributed by atoms with Crippen LogP contribution in [0.1, 0.15) is 6.92 Å². The maximum Gasteiger partial charge on any atom is 0.121 e. The number of allylic oxidation sites excluding steroid dienone is 3. The third-order valence-electron chi connectivity index (χ3n) is 1.02. The fourth-order valence-electron chi connectivity index (χ4n) is 0.430. The monoisotopic (exact) mass is 140 g/mol. The van der Waals surface area contributed by atoms with Gasteiger partial charge in [-0.05, 0) is 19.1 Å². The van der Waals surface area contributed by atoms with E-state index in [1.807, 2.05) is 0 Å². The van der Waals surface area contributed by atoms with Crippen LogP contribution in [0.15, 0.2) is 36.3 Å². The fraction of sp³-hybridized carbons (Fsp3) is 0.250. The zero-order valence-corrected chi connectivity index (χ0v) is 6.29. The average molecular weight is 140 g/mol. The van der Waals surface area contributed by atoms with E-state index in [2.05, 4.69) is 6.58 Å². The molecule has 2 heteroatoms. The molecule has 1 N–H and O–H groups in total.